The summed E-state index contributed by atoms with van der Waals surface area (Å²) < 4.78 is 5.23. The van der Waals surface area contributed by atoms with Crippen molar-refractivity contribution in [1.82, 2.24) is 0 Å². The molecule has 20 heavy (non-hydrogen) atoms. The van der Waals surface area contributed by atoms with Crippen LogP contribution in [0.1, 0.15) is 15.9 Å². The Morgan fingerprint density at radius 1 is 1.10 bits per heavy atom. The quantitative estimate of drug-likeness (QED) is 0.780. The predicted octanol–water partition coefficient (Wildman–Crippen LogP) is 3.32. The molecule has 0 aliphatic rings. The second kappa shape index (κ2) is 6.24. The standard InChI is InChI=1S/C17H19NO2/c1-13-8-10-14(11-9-13)18(2)12-16(19)15-6-4-5-7-17(15)20-3/h4-11H,12H2,1-3H3. The van der Waals surface area contributed by atoms with Gasteiger partial charge < -0.3 is 9.64 Å². The first-order valence-corrected chi connectivity index (χ1v) is 6.56. The number of methoxy groups -OCH3 is 1. The summed E-state index contributed by atoms with van der Waals surface area (Å²) in [5, 5.41) is 0. The van der Waals surface area contributed by atoms with Crippen LogP contribution < -0.4 is 9.64 Å². The number of benzene rings is 2. The van der Waals surface area contributed by atoms with Gasteiger partial charge in [-0.3, -0.25) is 4.79 Å². The molecule has 104 valence electrons. The molecule has 0 bridgehead atoms. The van der Waals surface area contributed by atoms with Crippen molar-refractivity contribution in [3.63, 3.8) is 0 Å². The van der Waals surface area contributed by atoms with E-state index >= 15 is 0 Å². The average Bonchev–Trinajstić information content (AvgIpc) is 2.47. The summed E-state index contributed by atoms with van der Waals surface area (Å²) in [5.41, 5.74) is 2.85. The topological polar surface area (TPSA) is 29.5 Å². The van der Waals surface area contributed by atoms with E-state index < -0.39 is 0 Å². The Morgan fingerprint density at radius 3 is 2.40 bits per heavy atom. The van der Waals surface area contributed by atoms with Crippen LogP contribution >= 0.6 is 0 Å². The highest BCUT2D eigenvalue weighted by atomic mass is 16.5. The lowest BCUT2D eigenvalue weighted by atomic mass is 10.1. The number of ether oxygens (including phenoxy) is 1. The van der Waals surface area contributed by atoms with Gasteiger partial charge in [0.15, 0.2) is 5.78 Å². The summed E-state index contributed by atoms with van der Waals surface area (Å²) in [7, 11) is 3.49. The molecular weight excluding hydrogens is 250 g/mol. The normalized spacial score (nSPS) is 10.2. The zero-order valence-corrected chi connectivity index (χ0v) is 12.1. The van der Waals surface area contributed by atoms with E-state index in [2.05, 4.69) is 0 Å². The van der Waals surface area contributed by atoms with E-state index in [9.17, 15) is 4.79 Å². The zero-order chi connectivity index (χ0) is 14.5. The van der Waals surface area contributed by atoms with Gasteiger partial charge in [-0.25, -0.2) is 0 Å². The van der Waals surface area contributed by atoms with Crippen LogP contribution in [0.5, 0.6) is 5.75 Å². The highest BCUT2D eigenvalue weighted by molar-refractivity contribution is 6.01. The Kier molecular flexibility index (Phi) is 4.41. The molecule has 0 aliphatic heterocycles. The molecule has 0 aromatic heterocycles. The minimum atomic E-state index is 0.0468. The minimum Gasteiger partial charge on any atom is -0.496 e. The van der Waals surface area contributed by atoms with Crippen molar-refractivity contribution >= 4 is 11.5 Å². The first-order valence-electron chi connectivity index (χ1n) is 6.56. The molecule has 0 amide bonds. The molecule has 3 heteroatoms. The number of nitrogens with zero attached hydrogens (tertiary/aromatic N) is 1. The van der Waals surface area contributed by atoms with Crippen LogP contribution in [0.4, 0.5) is 5.69 Å². The summed E-state index contributed by atoms with van der Waals surface area (Å²) in [6.45, 7) is 2.37. The molecule has 0 N–H and O–H groups in total. The van der Waals surface area contributed by atoms with E-state index in [1.807, 2.05) is 55.3 Å². The molecule has 0 spiro atoms. The number of Topliss-reactive ketones (excluding diaryl/α,β-unsaturated/α-hetero) is 1. The van der Waals surface area contributed by atoms with Crippen LogP contribution in [-0.4, -0.2) is 26.5 Å². The number of aryl methyl sites for hydroxylation is 1. The third-order valence-corrected chi connectivity index (χ3v) is 3.26. The highest BCUT2D eigenvalue weighted by Crippen LogP contribution is 2.19. The maximum absolute atomic E-state index is 12.4. The molecule has 0 fully saturated rings. The van der Waals surface area contributed by atoms with Crippen molar-refractivity contribution < 1.29 is 9.53 Å². The van der Waals surface area contributed by atoms with Crippen molar-refractivity contribution in [1.29, 1.82) is 0 Å². The van der Waals surface area contributed by atoms with E-state index in [-0.39, 0.29) is 5.78 Å². The molecule has 0 saturated carbocycles. The van der Waals surface area contributed by atoms with Crippen molar-refractivity contribution in [2.75, 3.05) is 25.6 Å². The third kappa shape index (κ3) is 3.18. The van der Waals surface area contributed by atoms with Crippen LogP contribution in [-0.2, 0) is 0 Å². The summed E-state index contributed by atoms with van der Waals surface area (Å²) in [4.78, 5) is 14.3. The molecule has 0 radical (unpaired) electrons. The second-order valence-electron chi connectivity index (χ2n) is 4.82. The molecule has 0 saturated heterocycles. The molecule has 2 aromatic rings. The van der Waals surface area contributed by atoms with Crippen molar-refractivity contribution in [3.05, 3.63) is 59.7 Å². The number of ketones is 1. The maximum Gasteiger partial charge on any atom is 0.185 e. The number of hydrogen-bond acceptors (Lipinski definition) is 3. The Labute approximate surface area is 119 Å². The fourth-order valence-electron chi connectivity index (χ4n) is 2.07. The van der Waals surface area contributed by atoms with E-state index in [1.165, 1.54) is 5.56 Å². The van der Waals surface area contributed by atoms with Gasteiger partial charge in [-0.15, -0.1) is 0 Å². The zero-order valence-electron chi connectivity index (χ0n) is 12.1. The van der Waals surface area contributed by atoms with Crippen LogP contribution in [0.3, 0.4) is 0 Å². The van der Waals surface area contributed by atoms with Gasteiger partial charge in [0.05, 0.1) is 19.2 Å². The number of likely N-dealkylation sites (N-methyl/N-ethyl adjacent to an activating group) is 1. The lowest BCUT2D eigenvalue weighted by Gasteiger charge is -2.19. The average molecular weight is 269 g/mol. The SMILES string of the molecule is COc1ccccc1C(=O)CN(C)c1ccc(C)cc1. The van der Waals surface area contributed by atoms with Gasteiger partial charge in [0.1, 0.15) is 5.75 Å². The first kappa shape index (κ1) is 14.1. The van der Waals surface area contributed by atoms with E-state index in [4.69, 9.17) is 4.74 Å². The monoisotopic (exact) mass is 269 g/mol. The fraction of sp³-hybridized carbons (Fsp3) is 0.235. The van der Waals surface area contributed by atoms with E-state index in [1.54, 1.807) is 19.2 Å². The Balaban J connectivity index is 2.13. The molecule has 2 rings (SSSR count). The molecular formula is C17H19NO2. The van der Waals surface area contributed by atoms with Crippen molar-refractivity contribution in [2.24, 2.45) is 0 Å². The number of rotatable bonds is 5. The first-order chi connectivity index (χ1) is 9.61. The van der Waals surface area contributed by atoms with Crippen molar-refractivity contribution in [2.45, 2.75) is 6.92 Å². The molecule has 0 atom stereocenters. The van der Waals surface area contributed by atoms with Gasteiger partial charge in [0, 0.05) is 12.7 Å². The Morgan fingerprint density at radius 2 is 1.75 bits per heavy atom. The van der Waals surface area contributed by atoms with Crippen LogP contribution in [0, 0.1) is 6.92 Å². The fourth-order valence-corrected chi connectivity index (χ4v) is 2.07. The van der Waals surface area contributed by atoms with Crippen LogP contribution in [0.25, 0.3) is 0 Å². The van der Waals surface area contributed by atoms with Gasteiger partial charge >= 0.3 is 0 Å². The summed E-state index contributed by atoms with van der Waals surface area (Å²) in [6, 6.07) is 15.4. The van der Waals surface area contributed by atoms with Gasteiger partial charge in [-0.2, -0.15) is 0 Å². The lowest BCUT2D eigenvalue weighted by molar-refractivity contribution is 0.0997. The van der Waals surface area contributed by atoms with E-state index in [0.717, 1.165) is 5.69 Å². The summed E-state index contributed by atoms with van der Waals surface area (Å²) in [5.74, 6) is 0.667. The highest BCUT2D eigenvalue weighted by Gasteiger charge is 2.14. The predicted molar refractivity (Wildman–Crippen MR) is 81.8 cm³/mol. The van der Waals surface area contributed by atoms with Gasteiger partial charge in [0.2, 0.25) is 0 Å². The lowest BCUT2D eigenvalue weighted by Crippen LogP contribution is -2.25. The number of carbonyl (C=O) groups is 1. The molecule has 3 nitrogen and oxygen atoms in total. The minimum absolute atomic E-state index is 0.0468. The number of carbonyl (C=O) groups excluding carboxylic acids is 1. The van der Waals surface area contributed by atoms with Gasteiger partial charge in [-0.1, -0.05) is 29.8 Å². The van der Waals surface area contributed by atoms with Crippen molar-refractivity contribution in [3.8, 4) is 5.75 Å². The molecule has 0 aliphatic carbocycles. The van der Waals surface area contributed by atoms with Crippen LogP contribution in [0.2, 0.25) is 0 Å². The largest absolute Gasteiger partial charge is 0.496 e. The molecule has 0 unspecified atom stereocenters. The molecule has 2 aromatic carbocycles. The Bertz CT molecular complexity index is 590. The smallest absolute Gasteiger partial charge is 0.185 e. The second-order valence-corrected chi connectivity index (χ2v) is 4.82. The number of para-hydroxylation sites is 1. The number of anilines is 1. The van der Waals surface area contributed by atoms with Crippen LogP contribution in [0.15, 0.2) is 48.5 Å². The Hall–Kier alpha value is -2.29. The van der Waals surface area contributed by atoms with E-state index in [0.29, 0.717) is 17.9 Å². The molecule has 0 heterocycles. The summed E-state index contributed by atoms with van der Waals surface area (Å²) >= 11 is 0. The summed E-state index contributed by atoms with van der Waals surface area (Å²) in [6.07, 6.45) is 0. The third-order valence-electron chi connectivity index (χ3n) is 3.26. The van der Waals surface area contributed by atoms with Gasteiger partial charge in [0.25, 0.3) is 0 Å². The van der Waals surface area contributed by atoms with Gasteiger partial charge in [-0.05, 0) is 31.2 Å². The maximum atomic E-state index is 12.4. The number of hydrogen-bond donors (Lipinski definition) is 0.